The van der Waals surface area contributed by atoms with Crippen LogP contribution < -0.4 is 0 Å². The molecule has 2 aromatic heterocycles. The molecule has 1 atom stereocenters. The smallest absolute Gasteiger partial charge is 0.241 e. The summed E-state index contributed by atoms with van der Waals surface area (Å²) in [5, 5.41) is 3.94. The molecular weight excluding hydrogens is 316 g/mol. The van der Waals surface area contributed by atoms with Crippen LogP contribution in [0.5, 0.6) is 0 Å². The number of nitrogens with zero attached hydrogens (tertiary/aromatic N) is 4. The van der Waals surface area contributed by atoms with Gasteiger partial charge in [0.15, 0.2) is 9.84 Å². The summed E-state index contributed by atoms with van der Waals surface area (Å²) in [6, 6.07) is 5.44. The highest BCUT2D eigenvalue weighted by Gasteiger charge is 2.32. The van der Waals surface area contributed by atoms with Gasteiger partial charge in [0.25, 0.3) is 0 Å². The minimum Gasteiger partial charge on any atom is -0.337 e. The fourth-order valence-electron chi connectivity index (χ4n) is 2.66. The van der Waals surface area contributed by atoms with Crippen LogP contribution in [0.2, 0.25) is 0 Å². The summed E-state index contributed by atoms with van der Waals surface area (Å²) in [5.41, 5.74) is 0.640. The van der Waals surface area contributed by atoms with Gasteiger partial charge in [-0.3, -0.25) is 9.88 Å². The van der Waals surface area contributed by atoms with Gasteiger partial charge in [-0.1, -0.05) is 17.3 Å². The molecule has 1 aliphatic heterocycles. The summed E-state index contributed by atoms with van der Waals surface area (Å²) in [4.78, 5) is 10.5. The molecule has 0 aliphatic carbocycles. The summed E-state index contributed by atoms with van der Waals surface area (Å²) in [7, 11) is -2.94. The zero-order chi connectivity index (χ0) is 16.3. The summed E-state index contributed by atoms with van der Waals surface area (Å²) >= 11 is 0. The van der Waals surface area contributed by atoms with Crippen molar-refractivity contribution in [3.8, 4) is 11.5 Å². The molecule has 23 heavy (non-hydrogen) atoms. The molecule has 122 valence electrons. The number of rotatable bonds is 6. The van der Waals surface area contributed by atoms with Crippen molar-refractivity contribution in [2.45, 2.75) is 19.0 Å². The molecule has 1 fully saturated rings. The normalized spacial score (nSPS) is 20.0. The molecule has 1 unspecified atom stereocenters. The molecule has 0 bridgehead atoms. The fraction of sp³-hybridized carbons (Fsp3) is 0.400. The quantitative estimate of drug-likeness (QED) is 0.736. The zero-order valence-corrected chi connectivity index (χ0v) is 13.4. The van der Waals surface area contributed by atoms with Crippen molar-refractivity contribution in [2.24, 2.45) is 0 Å². The van der Waals surface area contributed by atoms with Gasteiger partial charge in [0.1, 0.15) is 5.69 Å². The predicted octanol–water partition coefficient (Wildman–Crippen LogP) is 1.31. The Morgan fingerprint density at radius 2 is 2.30 bits per heavy atom. The molecule has 1 aliphatic rings. The maximum atomic E-state index is 11.7. The molecule has 0 radical (unpaired) electrons. The average molecular weight is 334 g/mol. The van der Waals surface area contributed by atoms with Crippen LogP contribution in [0.3, 0.4) is 0 Å². The van der Waals surface area contributed by atoms with Gasteiger partial charge in [-0.2, -0.15) is 4.98 Å². The second-order valence-corrected chi connectivity index (χ2v) is 7.73. The Kier molecular flexibility index (Phi) is 4.53. The van der Waals surface area contributed by atoms with Crippen LogP contribution in [0.25, 0.3) is 11.5 Å². The molecular formula is C15H18N4O3S. The maximum absolute atomic E-state index is 11.7. The van der Waals surface area contributed by atoms with Crippen molar-refractivity contribution in [2.75, 3.05) is 18.1 Å². The predicted molar refractivity (Wildman–Crippen MR) is 85.2 cm³/mol. The van der Waals surface area contributed by atoms with E-state index in [9.17, 15) is 8.42 Å². The van der Waals surface area contributed by atoms with Crippen molar-refractivity contribution in [1.29, 1.82) is 0 Å². The third-order valence-electron chi connectivity index (χ3n) is 3.79. The molecule has 0 saturated carbocycles. The van der Waals surface area contributed by atoms with E-state index in [4.69, 9.17) is 4.52 Å². The van der Waals surface area contributed by atoms with Crippen molar-refractivity contribution in [3.63, 3.8) is 0 Å². The van der Waals surface area contributed by atoms with Gasteiger partial charge in [-0.15, -0.1) is 6.58 Å². The zero-order valence-electron chi connectivity index (χ0n) is 12.6. The first-order valence-electron chi connectivity index (χ1n) is 7.37. The summed E-state index contributed by atoms with van der Waals surface area (Å²) < 4.78 is 28.6. The first-order chi connectivity index (χ1) is 11.1. The Hall–Kier alpha value is -2.06. The molecule has 3 rings (SSSR count). The fourth-order valence-corrected chi connectivity index (χ4v) is 4.43. The average Bonchev–Trinajstić information content (AvgIpc) is 3.14. The van der Waals surface area contributed by atoms with E-state index in [2.05, 4.69) is 21.7 Å². The molecule has 0 aromatic carbocycles. The Morgan fingerprint density at radius 1 is 1.43 bits per heavy atom. The van der Waals surface area contributed by atoms with E-state index in [1.807, 2.05) is 17.0 Å². The van der Waals surface area contributed by atoms with Gasteiger partial charge < -0.3 is 4.52 Å². The van der Waals surface area contributed by atoms with Crippen molar-refractivity contribution in [3.05, 3.63) is 42.9 Å². The van der Waals surface area contributed by atoms with E-state index < -0.39 is 9.84 Å². The third-order valence-corrected chi connectivity index (χ3v) is 5.54. The van der Waals surface area contributed by atoms with Crippen LogP contribution in [0.15, 0.2) is 41.6 Å². The second kappa shape index (κ2) is 6.59. The minimum absolute atomic E-state index is 0.0387. The highest BCUT2D eigenvalue weighted by molar-refractivity contribution is 7.91. The van der Waals surface area contributed by atoms with Crippen LogP contribution in [-0.4, -0.2) is 52.5 Å². The molecule has 2 aromatic rings. The summed E-state index contributed by atoms with van der Waals surface area (Å²) in [6.45, 7) is 4.70. The van der Waals surface area contributed by atoms with Crippen LogP contribution in [0.1, 0.15) is 12.3 Å². The van der Waals surface area contributed by atoms with Gasteiger partial charge in [-0.05, 0) is 18.6 Å². The maximum Gasteiger partial charge on any atom is 0.241 e. The second-order valence-electron chi connectivity index (χ2n) is 5.50. The molecule has 7 nitrogen and oxygen atoms in total. The van der Waals surface area contributed by atoms with Crippen molar-refractivity contribution >= 4 is 9.84 Å². The molecule has 0 spiro atoms. The number of sulfone groups is 1. The first kappa shape index (κ1) is 15.8. The monoisotopic (exact) mass is 334 g/mol. The largest absolute Gasteiger partial charge is 0.337 e. The van der Waals surface area contributed by atoms with E-state index in [1.54, 1.807) is 18.3 Å². The Bertz CT molecular complexity index is 773. The van der Waals surface area contributed by atoms with Gasteiger partial charge in [-0.25, -0.2) is 8.42 Å². The molecule has 8 heteroatoms. The lowest BCUT2D eigenvalue weighted by Gasteiger charge is -2.24. The van der Waals surface area contributed by atoms with Gasteiger partial charge in [0.05, 0.1) is 18.1 Å². The number of hydrogen-bond donors (Lipinski definition) is 0. The number of aromatic nitrogens is 3. The number of pyridine rings is 1. The highest BCUT2D eigenvalue weighted by Crippen LogP contribution is 2.20. The van der Waals surface area contributed by atoms with Crippen LogP contribution >= 0.6 is 0 Å². The van der Waals surface area contributed by atoms with E-state index >= 15 is 0 Å². The van der Waals surface area contributed by atoms with E-state index in [0.717, 1.165) is 0 Å². The standard InChI is InChI=1S/C15H18N4O3S/c1-2-8-19(12-6-9-23(20,21)11-12)10-14-17-15(18-22-14)13-5-3-4-7-16-13/h2-5,7,12H,1,6,8-11H2. The molecule has 1 saturated heterocycles. The van der Waals surface area contributed by atoms with Gasteiger partial charge in [0.2, 0.25) is 11.7 Å². The lowest BCUT2D eigenvalue weighted by Crippen LogP contribution is -2.35. The van der Waals surface area contributed by atoms with Gasteiger partial charge >= 0.3 is 0 Å². The Labute approximate surface area is 135 Å². The topological polar surface area (TPSA) is 89.2 Å². The summed E-state index contributed by atoms with van der Waals surface area (Å²) in [6.07, 6.45) is 4.04. The van der Waals surface area contributed by atoms with Crippen molar-refractivity contribution in [1.82, 2.24) is 20.0 Å². The van der Waals surface area contributed by atoms with Crippen LogP contribution in [0, 0.1) is 0 Å². The third kappa shape index (κ3) is 3.83. The lowest BCUT2D eigenvalue weighted by atomic mass is 10.2. The SMILES string of the molecule is C=CCN(Cc1nc(-c2ccccn2)no1)C1CCS(=O)(=O)C1. The minimum atomic E-state index is -2.94. The van der Waals surface area contributed by atoms with E-state index in [0.29, 0.717) is 36.9 Å². The molecule has 0 amide bonds. The van der Waals surface area contributed by atoms with E-state index in [1.165, 1.54) is 0 Å². The van der Waals surface area contributed by atoms with E-state index in [-0.39, 0.29) is 17.5 Å². The number of hydrogen-bond acceptors (Lipinski definition) is 7. The van der Waals surface area contributed by atoms with Crippen LogP contribution in [0.4, 0.5) is 0 Å². The Balaban J connectivity index is 1.74. The highest BCUT2D eigenvalue weighted by atomic mass is 32.2. The summed E-state index contributed by atoms with van der Waals surface area (Å²) in [5.74, 6) is 1.27. The Morgan fingerprint density at radius 3 is 2.96 bits per heavy atom. The van der Waals surface area contributed by atoms with Crippen LogP contribution in [-0.2, 0) is 16.4 Å². The van der Waals surface area contributed by atoms with Crippen molar-refractivity contribution < 1.29 is 12.9 Å². The first-order valence-corrected chi connectivity index (χ1v) is 9.19. The molecule has 3 heterocycles. The van der Waals surface area contributed by atoms with Gasteiger partial charge in [0, 0.05) is 18.8 Å². The lowest BCUT2D eigenvalue weighted by molar-refractivity contribution is 0.196. The molecule has 0 N–H and O–H groups in total.